The van der Waals surface area contributed by atoms with Gasteiger partial charge >= 0.3 is 0 Å². The third kappa shape index (κ3) is 3.75. The molecule has 24 heavy (non-hydrogen) atoms. The first-order valence-corrected chi connectivity index (χ1v) is 11.1. The molecule has 3 aliphatic rings. The lowest BCUT2D eigenvalue weighted by atomic mass is 10.0. The van der Waals surface area contributed by atoms with Crippen molar-refractivity contribution in [2.45, 2.75) is 31.5 Å². The Morgan fingerprint density at radius 1 is 0.958 bits per heavy atom. The smallest absolute Gasteiger partial charge is 0.153 e. The number of halogens is 2. The van der Waals surface area contributed by atoms with Gasteiger partial charge < -0.3 is 0 Å². The summed E-state index contributed by atoms with van der Waals surface area (Å²) in [5, 5.41) is 1.25. The van der Waals surface area contributed by atoms with Gasteiger partial charge in [-0.15, -0.1) is 0 Å². The predicted octanol–water partition coefficient (Wildman–Crippen LogP) is 2.69. The second-order valence-electron chi connectivity index (χ2n) is 7.40. The summed E-state index contributed by atoms with van der Waals surface area (Å²) in [5.41, 5.74) is 1.05. The summed E-state index contributed by atoms with van der Waals surface area (Å²) < 4.78 is 24.5. The maximum absolute atomic E-state index is 12.3. The van der Waals surface area contributed by atoms with Gasteiger partial charge in [0.2, 0.25) is 0 Å². The van der Waals surface area contributed by atoms with E-state index in [0.717, 1.165) is 31.1 Å². The van der Waals surface area contributed by atoms with E-state index >= 15 is 0 Å². The zero-order valence-corrected chi connectivity index (χ0v) is 15.8. The van der Waals surface area contributed by atoms with Gasteiger partial charge in [-0.05, 0) is 42.5 Å². The van der Waals surface area contributed by atoms with Gasteiger partial charge in [0, 0.05) is 48.3 Å². The van der Waals surface area contributed by atoms with Crippen LogP contribution >= 0.6 is 23.2 Å². The Morgan fingerprint density at radius 3 is 2.17 bits per heavy atom. The van der Waals surface area contributed by atoms with Crippen LogP contribution in [0.1, 0.15) is 18.4 Å². The number of piperazine rings is 1. The topological polar surface area (TPSA) is 40.6 Å². The molecular weight excluding hydrogens is 367 g/mol. The van der Waals surface area contributed by atoms with E-state index in [2.05, 4.69) is 9.80 Å². The molecule has 2 heterocycles. The minimum Gasteiger partial charge on any atom is -0.296 e. The molecule has 3 fully saturated rings. The minimum atomic E-state index is -2.95. The molecule has 2 atom stereocenters. The molecule has 2 aliphatic heterocycles. The Labute approximate surface area is 153 Å². The average molecular weight is 389 g/mol. The number of hydrogen-bond acceptors (Lipinski definition) is 4. The van der Waals surface area contributed by atoms with E-state index in [4.69, 9.17) is 23.2 Å². The van der Waals surface area contributed by atoms with Crippen molar-refractivity contribution in [2.24, 2.45) is 5.92 Å². The zero-order chi connectivity index (χ0) is 16.9. The Kier molecular flexibility index (Phi) is 4.59. The summed E-state index contributed by atoms with van der Waals surface area (Å²) in [6, 6.07) is 5.78. The van der Waals surface area contributed by atoms with Crippen molar-refractivity contribution in [3.63, 3.8) is 0 Å². The van der Waals surface area contributed by atoms with E-state index < -0.39 is 9.84 Å². The van der Waals surface area contributed by atoms with Crippen LogP contribution in [0.25, 0.3) is 0 Å². The Hall–Kier alpha value is -0.330. The van der Waals surface area contributed by atoms with Crippen molar-refractivity contribution in [2.75, 3.05) is 31.1 Å². The highest BCUT2D eigenvalue weighted by Crippen LogP contribution is 2.34. The molecule has 0 spiro atoms. The van der Waals surface area contributed by atoms with E-state index in [9.17, 15) is 8.42 Å². The highest BCUT2D eigenvalue weighted by Gasteiger charge is 2.47. The molecule has 0 bridgehead atoms. The van der Waals surface area contributed by atoms with Crippen LogP contribution in [-0.4, -0.2) is 61.4 Å². The van der Waals surface area contributed by atoms with Crippen molar-refractivity contribution in [1.82, 2.24) is 9.80 Å². The van der Waals surface area contributed by atoms with Crippen molar-refractivity contribution < 1.29 is 8.42 Å². The van der Waals surface area contributed by atoms with Gasteiger partial charge in [0.15, 0.2) is 9.84 Å². The molecule has 0 aromatic heterocycles. The largest absolute Gasteiger partial charge is 0.296 e. The monoisotopic (exact) mass is 388 g/mol. The number of nitrogens with zero attached hydrogens (tertiary/aromatic N) is 2. The Bertz CT molecular complexity index is 716. The van der Waals surface area contributed by atoms with Crippen LogP contribution in [-0.2, 0) is 16.4 Å². The summed E-state index contributed by atoms with van der Waals surface area (Å²) in [5.74, 6) is 1.36. The summed E-state index contributed by atoms with van der Waals surface area (Å²) in [7, 11) is -2.95. The molecule has 1 aromatic rings. The number of sulfone groups is 1. The molecule has 4 rings (SSSR count). The van der Waals surface area contributed by atoms with Crippen molar-refractivity contribution in [1.29, 1.82) is 0 Å². The first-order valence-electron chi connectivity index (χ1n) is 8.53. The number of rotatable bonds is 4. The van der Waals surface area contributed by atoms with Gasteiger partial charge in [0.25, 0.3) is 0 Å². The van der Waals surface area contributed by atoms with E-state index in [1.165, 1.54) is 12.8 Å². The molecule has 1 saturated carbocycles. The second kappa shape index (κ2) is 6.44. The molecule has 0 amide bonds. The third-order valence-electron chi connectivity index (χ3n) is 5.40. The highest BCUT2D eigenvalue weighted by molar-refractivity contribution is 7.91. The van der Waals surface area contributed by atoms with Crippen LogP contribution in [0.2, 0.25) is 10.0 Å². The number of fused-ring (bicyclic) bond motifs is 1. The molecular formula is C17H22Cl2N2O2S. The minimum absolute atomic E-state index is 0.0836. The molecule has 7 heteroatoms. The van der Waals surface area contributed by atoms with Crippen LogP contribution in [0, 0.1) is 5.92 Å². The van der Waals surface area contributed by atoms with Gasteiger partial charge in [-0.2, -0.15) is 0 Å². The predicted molar refractivity (Wildman–Crippen MR) is 97.4 cm³/mol. The summed E-state index contributed by atoms with van der Waals surface area (Å²) in [6.07, 6.45) is 2.59. The summed E-state index contributed by atoms with van der Waals surface area (Å²) >= 11 is 12.2. The van der Waals surface area contributed by atoms with Gasteiger partial charge in [-0.3, -0.25) is 9.80 Å². The molecule has 0 unspecified atom stereocenters. The van der Waals surface area contributed by atoms with Crippen molar-refractivity contribution in [3.05, 3.63) is 33.8 Å². The summed E-state index contributed by atoms with van der Waals surface area (Å²) in [4.78, 5) is 4.73. The van der Waals surface area contributed by atoms with Crippen LogP contribution in [0.4, 0.5) is 0 Å². The fourth-order valence-corrected chi connectivity index (χ4v) is 6.70. The fraction of sp³-hybridized carbons (Fsp3) is 0.647. The molecule has 1 aromatic carbocycles. The quantitative estimate of drug-likeness (QED) is 0.794. The first kappa shape index (κ1) is 17.1. The normalized spacial score (nSPS) is 30.4. The molecule has 0 radical (unpaired) electrons. The van der Waals surface area contributed by atoms with Gasteiger partial charge in [-0.1, -0.05) is 23.2 Å². The van der Waals surface area contributed by atoms with E-state index in [0.29, 0.717) is 22.3 Å². The van der Waals surface area contributed by atoms with E-state index in [1.807, 2.05) is 12.1 Å². The third-order valence-corrected chi connectivity index (χ3v) is 7.54. The lowest BCUT2D eigenvalue weighted by molar-refractivity contribution is 0.0376. The van der Waals surface area contributed by atoms with Crippen molar-refractivity contribution in [3.8, 4) is 0 Å². The van der Waals surface area contributed by atoms with E-state index in [-0.39, 0.29) is 17.8 Å². The van der Waals surface area contributed by atoms with Crippen molar-refractivity contribution >= 4 is 33.0 Å². The van der Waals surface area contributed by atoms with Gasteiger partial charge in [0.1, 0.15) is 0 Å². The lowest BCUT2D eigenvalue weighted by Crippen LogP contribution is -2.59. The number of hydrogen-bond donors (Lipinski definition) is 0. The standard InChI is InChI=1S/C17H22Cl2N2O2S/c18-14-5-13(6-15(19)7-14)9-21-4-3-20(8-12-1-2-12)16-10-24(22,23)11-17(16)21/h5-7,12,16-17H,1-4,8-11H2/t16-,17+/m1/s1. The SMILES string of the molecule is O=S1(=O)C[C@@H]2[C@H](C1)N(Cc1cc(Cl)cc(Cl)c1)CCN2CC1CC1. The highest BCUT2D eigenvalue weighted by atomic mass is 35.5. The number of benzene rings is 1. The Morgan fingerprint density at radius 2 is 1.54 bits per heavy atom. The summed E-state index contributed by atoms with van der Waals surface area (Å²) in [6.45, 7) is 3.61. The molecule has 132 valence electrons. The first-order chi connectivity index (χ1) is 11.4. The zero-order valence-electron chi connectivity index (χ0n) is 13.5. The van der Waals surface area contributed by atoms with Crippen LogP contribution in [0.3, 0.4) is 0 Å². The van der Waals surface area contributed by atoms with Crippen LogP contribution in [0.15, 0.2) is 18.2 Å². The molecule has 0 N–H and O–H groups in total. The maximum atomic E-state index is 12.3. The molecule has 4 nitrogen and oxygen atoms in total. The molecule has 1 aliphatic carbocycles. The van der Waals surface area contributed by atoms with E-state index in [1.54, 1.807) is 6.07 Å². The Balaban J connectivity index is 1.53. The average Bonchev–Trinajstić information content (AvgIpc) is 3.21. The maximum Gasteiger partial charge on any atom is 0.153 e. The van der Waals surface area contributed by atoms with Crippen LogP contribution < -0.4 is 0 Å². The van der Waals surface area contributed by atoms with Crippen LogP contribution in [0.5, 0.6) is 0 Å². The second-order valence-corrected chi connectivity index (χ2v) is 10.4. The molecule has 2 saturated heterocycles. The fourth-order valence-electron chi connectivity index (χ4n) is 4.09. The van der Waals surface area contributed by atoms with Gasteiger partial charge in [-0.25, -0.2) is 8.42 Å². The van der Waals surface area contributed by atoms with Gasteiger partial charge in [0.05, 0.1) is 11.5 Å². The lowest BCUT2D eigenvalue weighted by Gasteiger charge is -2.44.